The van der Waals surface area contributed by atoms with Gasteiger partial charge in [0, 0.05) is 18.5 Å². The molecule has 1 aliphatic carbocycles. The molecule has 2 aromatic carbocycles. The molecule has 0 aromatic heterocycles. The summed E-state index contributed by atoms with van der Waals surface area (Å²) in [5.41, 5.74) is 3.01. The maximum Gasteiger partial charge on any atom is 0.339 e. The average Bonchev–Trinajstić information content (AvgIpc) is 3.44. The molecule has 0 saturated heterocycles. The molecule has 122 valence electrons. The lowest BCUT2D eigenvalue weighted by atomic mass is 9.93. The minimum Gasteiger partial charge on any atom is -0.454 e. The fourth-order valence-corrected chi connectivity index (χ4v) is 3.05. The van der Waals surface area contributed by atoms with Gasteiger partial charge in [0.25, 0.3) is 5.91 Å². The highest BCUT2D eigenvalue weighted by molar-refractivity contribution is 5.97. The Kier molecular flexibility index (Phi) is 3.81. The number of benzene rings is 2. The van der Waals surface area contributed by atoms with Gasteiger partial charge in [-0.3, -0.25) is 4.79 Å². The molecule has 1 amide bonds. The third-order valence-corrected chi connectivity index (χ3v) is 4.66. The standard InChI is InChI=1S/C20H19NO3/c22-19(21-12-13-6-7-13)15-8-9-17-16(10-15)11-18(24-20(17)23)14-4-2-1-3-5-14/h1-5,8-10,13,18H,6-7,11-12H2,(H,21,22)/t18-/m0/s1. The molecule has 24 heavy (non-hydrogen) atoms. The van der Waals surface area contributed by atoms with Crippen molar-refractivity contribution >= 4 is 11.9 Å². The van der Waals surface area contributed by atoms with Crippen LogP contribution in [0, 0.1) is 5.92 Å². The van der Waals surface area contributed by atoms with Gasteiger partial charge in [0.2, 0.25) is 0 Å². The zero-order valence-electron chi connectivity index (χ0n) is 13.3. The summed E-state index contributed by atoms with van der Waals surface area (Å²) in [5, 5.41) is 2.97. The Labute approximate surface area is 140 Å². The second kappa shape index (κ2) is 6.11. The molecule has 0 radical (unpaired) electrons. The number of esters is 1. The van der Waals surface area contributed by atoms with Gasteiger partial charge in [-0.1, -0.05) is 30.3 Å². The Hall–Kier alpha value is -2.62. The van der Waals surface area contributed by atoms with Crippen molar-refractivity contribution in [2.75, 3.05) is 6.54 Å². The summed E-state index contributed by atoms with van der Waals surface area (Å²) in [6.07, 6.45) is 2.70. The number of carbonyl (C=O) groups is 2. The van der Waals surface area contributed by atoms with Gasteiger partial charge in [0.05, 0.1) is 5.56 Å². The molecular formula is C20H19NO3. The van der Waals surface area contributed by atoms with E-state index in [0.717, 1.165) is 17.7 Å². The van der Waals surface area contributed by atoms with E-state index >= 15 is 0 Å². The number of carbonyl (C=O) groups excluding carboxylic acids is 2. The predicted octanol–water partition coefficient (Wildman–Crippen LogP) is 3.28. The highest BCUT2D eigenvalue weighted by atomic mass is 16.5. The monoisotopic (exact) mass is 321 g/mol. The summed E-state index contributed by atoms with van der Waals surface area (Å²) < 4.78 is 5.55. The van der Waals surface area contributed by atoms with Crippen LogP contribution in [0.1, 0.15) is 50.8 Å². The largest absolute Gasteiger partial charge is 0.454 e. The Balaban J connectivity index is 1.56. The number of fused-ring (bicyclic) bond motifs is 1. The minimum atomic E-state index is -0.324. The summed E-state index contributed by atoms with van der Waals surface area (Å²) in [6, 6.07) is 14.9. The molecule has 1 saturated carbocycles. The van der Waals surface area contributed by atoms with E-state index in [4.69, 9.17) is 4.74 Å². The zero-order valence-corrected chi connectivity index (χ0v) is 13.3. The summed E-state index contributed by atoms with van der Waals surface area (Å²) in [4.78, 5) is 24.5. The summed E-state index contributed by atoms with van der Waals surface area (Å²) in [6.45, 7) is 0.741. The van der Waals surface area contributed by atoms with E-state index in [9.17, 15) is 9.59 Å². The summed E-state index contributed by atoms with van der Waals surface area (Å²) >= 11 is 0. The fourth-order valence-electron chi connectivity index (χ4n) is 3.05. The number of rotatable bonds is 4. The molecule has 1 atom stereocenters. The van der Waals surface area contributed by atoms with E-state index < -0.39 is 0 Å². The molecule has 0 spiro atoms. The van der Waals surface area contributed by atoms with E-state index in [0.29, 0.717) is 23.5 Å². The SMILES string of the molecule is O=C(NCC1CC1)c1ccc2c(c1)C[C@@H](c1ccccc1)OC2=O. The van der Waals surface area contributed by atoms with E-state index in [1.165, 1.54) is 12.8 Å². The first-order chi connectivity index (χ1) is 11.7. The first kappa shape index (κ1) is 14.9. The first-order valence-corrected chi connectivity index (χ1v) is 8.38. The van der Waals surface area contributed by atoms with Crippen molar-refractivity contribution in [3.63, 3.8) is 0 Å². The topological polar surface area (TPSA) is 55.4 Å². The van der Waals surface area contributed by atoms with Crippen molar-refractivity contribution in [1.82, 2.24) is 5.32 Å². The molecule has 2 aromatic rings. The Bertz CT molecular complexity index is 781. The van der Waals surface area contributed by atoms with E-state index in [1.807, 2.05) is 36.4 Å². The normalized spacial score (nSPS) is 19.3. The molecule has 0 bridgehead atoms. The summed E-state index contributed by atoms with van der Waals surface area (Å²) in [5.74, 6) is 0.249. The predicted molar refractivity (Wildman–Crippen MR) is 89.8 cm³/mol. The Morgan fingerprint density at radius 1 is 1.12 bits per heavy atom. The van der Waals surface area contributed by atoms with Crippen LogP contribution >= 0.6 is 0 Å². The number of hydrogen-bond acceptors (Lipinski definition) is 3. The van der Waals surface area contributed by atoms with Crippen LogP contribution in [-0.2, 0) is 11.2 Å². The minimum absolute atomic E-state index is 0.0695. The van der Waals surface area contributed by atoms with Crippen molar-refractivity contribution in [3.05, 3.63) is 70.8 Å². The molecule has 2 aliphatic rings. The van der Waals surface area contributed by atoms with Crippen molar-refractivity contribution in [3.8, 4) is 0 Å². The summed E-state index contributed by atoms with van der Waals surface area (Å²) in [7, 11) is 0. The van der Waals surface area contributed by atoms with Crippen molar-refractivity contribution in [2.45, 2.75) is 25.4 Å². The average molecular weight is 321 g/mol. The quantitative estimate of drug-likeness (QED) is 0.879. The zero-order chi connectivity index (χ0) is 16.5. The third-order valence-electron chi connectivity index (χ3n) is 4.66. The van der Waals surface area contributed by atoms with Gasteiger partial charge in [-0.2, -0.15) is 0 Å². The maximum absolute atomic E-state index is 12.3. The number of hydrogen-bond donors (Lipinski definition) is 1. The lowest BCUT2D eigenvalue weighted by molar-refractivity contribution is 0.0252. The van der Waals surface area contributed by atoms with Crippen LogP contribution in [0.15, 0.2) is 48.5 Å². The Morgan fingerprint density at radius 3 is 2.67 bits per heavy atom. The molecule has 1 aliphatic heterocycles. The van der Waals surface area contributed by atoms with Crippen LogP contribution in [0.2, 0.25) is 0 Å². The highest BCUT2D eigenvalue weighted by Crippen LogP contribution is 2.31. The van der Waals surface area contributed by atoms with E-state index in [2.05, 4.69) is 5.32 Å². The number of amides is 1. The first-order valence-electron chi connectivity index (χ1n) is 8.38. The second-order valence-corrected chi connectivity index (χ2v) is 6.53. The third kappa shape index (κ3) is 3.04. The lowest BCUT2D eigenvalue weighted by Crippen LogP contribution is -2.27. The number of nitrogens with one attached hydrogen (secondary N) is 1. The van der Waals surface area contributed by atoms with Crippen molar-refractivity contribution in [2.24, 2.45) is 5.92 Å². The van der Waals surface area contributed by atoms with Crippen LogP contribution in [0.5, 0.6) is 0 Å². The molecule has 4 heteroatoms. The van der Waals surface area contributed by atoms with Gasteiger partial charge in [-0.25, -0.2) is 4.79 Å². The molecular weight excluding hydrogens is 302 g/mol. The van der Waals surface area contributed by atoms with Gasteiger partial charge in [0.15, 0.2) is 0 Å². The number of ether oxygens (including phenoxy) is 1. The lowest BCUT2D eigenvalue weighted by Gasteiger charge is -2.25. The number of cyclic esters (lactones) is 1. The molecule has 1 heterocycles. The van der Waals surface area contributed by atoms with Crippen LogP contribution in [0.4, 0.5) is 0 Å². The highest BCUT2D eigenvalue weighted by Gasteiger charge is 2.28. The van der Waals surface area contributed by atoms with Crippen LogP contribution in [0.3, 0.4) is 0 Å². The van der Waals surface area contributed by atoms with Crippen molar-refractivity contribution in [1.29, 1.82) is 0 Å². The molecule has 1 fully saturated rings. The molecule has 4 nitrogen and oxygen atoms in total. The maximum atomic E-state index is 12.3. The molecule has 0 unspecified atom stereocenters. The van der Waals surface area contributed by atoms with Gasteiger partial charge in [-0.05, 0) is 48.1 Å². The smallest absolute Gasteiger partial charge is 0.339 e. The van der Waals surface area contributed by atoms with Gasteiger partial charge < -0.3 is 10.1 Å². The van der Waals surface area contributed by atoms with E-state index in [1.54, 1.807) is 12.1 Å². The van der Waals surface area contributed by atoms with Gasteiger partial charge >= 0.3 is 5.97 Å². The molecule has 4 rings (SSSR count). The van der Waals surface area contributed by atoms with Crippen LogP contribution < -0.4 is 5.32 Å². The van der Waals surface area contributed by atoms with Crippen LogP contribution in [-0.4, -0.2) is 18.4 Å². The second-order valence-electron chi connectivity index (χ2n) is 6.53. The van der Waals surface area contributed by atoms with E-state index in [-0.39, 0.29) is 18.0 Å². The van der Waals surface area contributed by atoms with Crippen molar-refractivity contribution < 1.29 is 14.3 Å². The Morgan fingerprint density at radius 2 is 1.92 bits per heavy atom. The molecule has 1 N–H and O–H groups in total. The van der Waals surface area contributed by atoms with Gasteiger partial charge in [-0.15, -0.1) is 0 Å². The fraction of sp³-hybridized carbons (Fsp3) is 0.300. The van der Waals surface area contributed by atoms with Gasteiger partial charge in [0.1, 0.15) is 6.10 Å². The van der Waals surface area contributed by atoms with Crippen LogP contribution in [0.25, 0.3) is 0 Å².